The van der Waals surface area contributed by atoms with Crippen molar-refractivity contribution in [2.24, 2.45) is 11.8 Å². The van der Waals surface area contributed by atoms with E-state index in [1.165, 1.54) is 19.2 Å². The Morgan fingerprint density at radius 1 is 1.47 bits per heavy atom. The molecule has 2 N–H and O–H groups in total. The van der Waals surface area contributed by atoms with Crippen LogP contribution in [0.2, 0.25) is 0 Å². The highest BCUT2D eigenvalue weighted by molar-refractivity contribution is 7.89. The van der Waals surface area contributed by atoms with Gasteiger partial charge in [0.05, 0.1) is 18.6 Å². The largest absolute Gasteiger partial charge is 0.496 e. The number of aliphatic hydroxyl groups excluding tert-OH is 1. The van der Waals surface area contributed by atoms with E-state index in [0.29, 0.717) is 29.7 Å². The van der Waals surface area contributed by atoms with Gasteiger partial charge in [0.15, 0.2) is 0 Å². The minimum absolute atomic E-state index is 0.158. The lowest BCUT2D eigenvalue weighted by molar-refractivity contribution is 0.273. The van der Waals surface area contributed by atoms with E-state index in [2.05, 4.69) is 11.6 Å². The Hall–Kier alpha value is -1.11. The van der Waals surface area contributed by atoms with Gasteiger partial charge in [-0.3, -0.25) is 0 Å². The smallest absolute Gasteiger partial charge is 0.240 e. The Morgan fingerprint density at radius 3 is 2.68 bits per heavy atom. The van der Waals surface area contributed by atoms with Crippen LogP contribution in [0.3, 0.4) is 0 Å². The van der Waals surface area contributed by atoms with Gasteiger partial charge in [-0.2, -0.15) is 0 Å². The Balaban J connectivity index is 2.15. The molecule has 0 radical (unpaired) electrons. The van der Waals surface area contributed by atoms with Crippen LogP contribution in [0.1, 0.15) is 18.9 Å². The second-order valence-corrected chi connectivity index (χ2v) is 6.72. The SMILES string of the molecule is COc1ccc(S(=O)(=O)NCC2CC2C)cc1CO. The van der Waals surface area contributed by atoms with Gasteiger partial charge >= 0.3 is 0 Å². The Bertz CT molecular complexity index is 556. The lowest BCUT2D eigenvalue weighted by atomic mass is 10.2. The number of benzene rings is 1. The first-order chi connectivity index (χ1) is 8.97. The van der Waals surface area contributed by atoms with Crippen LogP contribution in [0.4, 0.5) is 0 Å². The summed E-state index contributed by atoms with van der Waals surface area (Å²) in [5.74, 6) is 1.54. The molecule has 2 rings (SSSR count). The van der Waals surface area contributed by atoms with Crippen molar-refractivity contribution in [1.29, 1.82) is 0 Å². The number of methoxy groups -OCH3 is 1. The third-order valence-corrected chi connectivity index (χ3v) is 4.97. The van der Waals surface area contributed by atoms with Crippen LogP contribution < -0.4 is 9.46 Å². The maximum Gasteiger partial charge on any atom is 0.240 e. The molecule has 6 heteroatoms. The molecule has 1 aromatic carbocycles. The molecule has 0 aliphatic heterocycles. The monoisotopic (exact) mass is 285 g/mol. The zero-order valence-corrected chi connectivity index (χ0v) is 11.9. The van der Waals surface area contributed by atoms with Gasteiger partial charge in [0.2, 0.25) is 10.0 Å². The molecule has 1 saturated carbocycles. The molecule has 19 heavy (non-hydrogen) atoms. The van der Waals surface area contributed by atoms with E-state index in [-0.39, 0.29) is 11.5 Å². The van der Waals surface area contributed by atoms with Crippen LogP contribution in [0.25, 0.3) is 0 Å². The molecular formula is C13H19NO4S. The summed E-state index contributed by atoms with van der Waals surface area (Å²) in [6.45, 7) is 2.33. The average Bonchev–Trinajstić information content (AvgIpc) is 3.11. The third kappa shape index (κ3) is 3.26. The molecule has 106 valence electrons. The summed E-state index contributed by atoms with van der Waals surface area (Å²) >= 11 is 0. The molecule has 0 amide bonds. The number of ether oxygens (including phenoxy) is 1. The number of aliphatic hydroxyl groups is 1. The van der Waals surface area contributed by atoms with Gasteiger partial charge in [0.1, 0.15) is 5.75 Å². The van der Waals surface area contributed by atoms with Crippen molar-refractivity contribution < 1.29 is 18.3 Å². The van der Waals surface area contributed by atoms with Crippen molar-refractivity contribution in [2.45, 2.75) is 24.8 Å². The molecule has 1 aliphatic carbocycles. The van der Waals surface area contributed by atoms with Gasteiger partial charge in [-0.05, 0) is 36.5 Å². The van der Waals surface area contributed by atoms with Crippen molar-refractivity contribution in [3.05, 3.63) is 23.8 Å². The molecular weight excluding hydrogens is 266 g/mol. The molecule has 0 spiro atoms. The molecule has 1 aliphatic rings. The van der Waals surface area contributed by atoms with E-state index in [1.807, 2.05) is 0 Å². The van der Waals surface area contributed by atoms with Crippen molar-refractivity contribution in [3.63, 3.8) is 0 Å². The van der Waals surface area contributed by atoms with E-state index in [4.69, 9.17) is 4.74 Å². The molecule has 1 aromatic rings. The van der Waals surface area contributed by atoms with Gasteiger partial charge in [-0.1, -0.05) is 6.92 Å². The molecule has 2 atom stereocenters. The first-order valence-corrected chi connectivity index (χ1v) is 7.73. The molecule has 0 heterocycles. The fourth-order valence-electron chi connectivity index (χ4n) is 2.03. The number of sulfonamides is 1. The fourth-order valence-corrected chi connectivity index (χ4v) is 3.17. The Morgan fingerprint density at radius 2 is 2.16 bits per heavy atom. The minimum atomic E-state index is -3.51. The van der Waals surface area contributed by atoms with Crippen molar-refractivity contribution in [1.82, 2.24) is 4.72 Å². The van der Waals surface area contributed by atoms with Crippen LogP contribution in [0, 0.1) is 11.8 Å². The van der Waals surface area contributed by atoms with E-state index in [1.54, 1.807) is 6.07 Å². The normalized spacial score (nSPS) is 22.3. The van der Waals surface area contributed by atoms with Gasteiger partial charge in [-0.25, -0.2) is 13.1 Å². The summed E-state index contributed by atoms with van der Waals surface area (Å²) in [6, 6.07) is 4.48. The number of hydrogen-bond acceptors (Lipinski definition) is 4. The topological polar surface area (TPSA) is 75.6 Å². The van der Waals surface area contributed by atoms with Crippen molar-refractivity contribution >= 4 is 10.0 Å². The highest BCUT2D eigenvalue weighted by Crippen LogP contribution is 2.37. The summed E-state index contributed by atoms with van der Waals surface area (Å²) in [6.07, 6.45) is 1.08. The predicted molar refractivity (Wildman–Crippen MR) is 71.4 cm³/mol. The Kier molecular flexibility index (Phi) is 4.13. The average molecular weight is 285 g/mol. The van der Waals surface area contributed by atoms with E-state index >= 15 is 0 Å². The first kappa shape index (κ1) is 14.3. The third-order valence-electron chi connectivity index (χ3n) is 3.54. The summed E-state index contributed by atoms with van der Waals surface area (Å²) < 4.78 is 31.9. The molecule has 0 aromatic heterocycles. The summed E-state index contributed by atoms with van der Waals surface area (Å²) in [4.78, 5) is 0.158. The minimum Gasteiger partial charge on any atom is -0.496 e. The standard InChI is InChI=1S/C13H19NO4S/c1-9-5-10(9)7-14-19(16,17)12-3-4-13(18-2)11(6-12)8-15/h3-4,6,9-10,14-15H,5,7-8H2,1-2H3. The van der Waals surface area contributed by atoms with Crippen LogP contribution in [0.15, 0.2) is 23.1 Å². The molecule has 0 bridgehead atoms. The number of nitrogens with one attached hydrogen (secondary N) is 1. The lowest BCUT2D eigenvalue weighted by Gasteiger charge is -2.10. The first-order valence-electron chi connectivity index (χ1n) is 6.25. The second-order valence-electron chi connectivity index (χ2n) is 4.96. The lowest BCUT2D eigenvalue weighted by Crippen LogP contribution is -2.26. The zero-order valence-electron chi connectivity index (χ0n) is 11.1. The number of hydrogen-bond donors (Lipinski definition) is 2. The van der Waals surface area contributed by atoms with Crippen molar-refractivity contribution in [3.8, 4) is 5.75 Å². The highest BCUT2D eigenvalue weighted by Gasteiger charge is 2.33. The quantitative estimate of drug-likeness (QED) is 0.821. The molecule has 2 unspecified atom stereocenters. The summed E-state index contributed by atoms with van der Waals surface area (Å²) in [5.41, 5.74) is 0.463. The number of rotatable bonds is 6. The van der Waals surface area contributed by atoms with Gasteiger partial charge < -0.3 is 9.84 Å². The predicted octanol–water partition coefficient (Wildman–Crippen LogP) is 1.12. The van der Waals surface area contributed by atoms with Crippen LogP contribution >= 0.6 is 0 Å². The second kappa shape index (κ2) is 5.48. The maximum absolute atomic E-state index is 12.1. The Labute approximate surface area is 113 Å². The summed E-state index contributed by atoms with van der Waals surface area (Å²) in [7, 11) is -2.03. The van der Waals surface area contributed by atoms with E-state index < -0.39 is 10.0 Å². The molecule has 5 nitrogen and oxygen atoms in total. The highest BCUT2D eigenvalue weighted by atomic mass is 32.2. The van der Waals surface area contributed by atoms with Crippen LogP contribution in [-0.2, 0) is 16.6 Å². The van der Waals surface area contributed by atoms with Gasteiger partial charge in [0.25, 0.3) is 0 Å². The maximum atomic E-state index is 12.1. The van der Waals surface area contributed by atoms with Gasteiger partial charge in [0, 0.05) is 12.1 Å². The molecule has 0 saturated heterocycles. The summed E-state index contributed by atoms with van der Waals surface area (Å²) in [5, 5.41) is 9.21. The van der Waals surface area contributed by atoms with Crippen LogP contribution in [-0.4, -0.2) is 27.2 Å². The van der Waals surface area contributed by atoms with Crippen molar-refractivity contribution in [2.75, 3.05) is 13.7 Å². The zero-order chi connectivity index (χ0) is 14.0. The molecule has 1 fully saturated rings. The van der Waals surface area contributed by atoms with E-state index in [0.717, 1.165) is 6.42 Å². The van der Waals surface area contributed by atoms with Crippen LogP contribution in [0.5, 0.6) is 5.75 Å². The fraction of sp³-hybridized carbons (Fsp3) is 0.538. The van der Waals surface area contributed by atoms with E-state index in [9.17, 15) is 13.5 Å². The van der Waals surface area contributed by atoms with Gasteiger partial charge in [-0.15, -0.1) is 0 Å².